The highest BCUT2D eigenvalue weighted by atomic mass is 19.1. The molecular weight excluding hydrogens is 365 g/mol. The molecule has 0 radical (unpaired) electrons. The molecule has 2 aliphatic rings. The molecule has 2 saturated heterocycles. The fourth-order valence-electron chi connectivity index (χ4n) is 3.20. The average Bonchev–Trinajstić information content (AvgIpc) is 3.26. The number of ether oxygens (including phenoxy) is 1. The zero-order valence-electron chi connectivity index (χ0n) is 14.1. The van der Waals surface area contributed by atoms with Gasteiger partial charge in [0.25, 0.3) is 5.91 Å². The number of aliphatic hydroxyl groups is 2. The summed E-state index contributed by atoms with van der Waals surface area (Å²) in [6.45, 7) is 0.0183. The van der Waals surface area contributed by atoms with Gasteiger partial charge < -0.3 is 25.6 Å². The highest BCUT2D eigenvalue weighted by molar-refractivity contribution is 5.98. The van der Waals surface area contributed by atoms with E-state index in [4.69, 9.17) is 16.0 Å². The number of alkyl halides is 1. The van der Waals surface area contributed by atoms with Crippen molar-refractivity contribution in [2.24, 2.45) is 5.11 Å². The third-order valence-electron chi connectivity index (χ3n) is 4.68. The van der Waals surface area contributed by atoms with E-state index in [0.717, 1.165) is 19.0 Å². The van der Waals surface area contributed by atoms with E-state index in [9.17, 15) is 24.2 Å². The molecule has 3 heterocycles. The van der Waals surface area contributed by atoms with E-state index in [1.165, 1.54) is 4.90 Å². The van der Waals surface area contributed by atoms with Crippen LogP contribution in [0.2, 0.25) is 0 Å². The van der Waals surface area contributed by atoms with Crippen LogP contribution in [0.4, 0.5) is 10.2 Å². The molecule has 2 aliphatic heterocycles. The first kappa shape index (κ1) is 19.0. The molecular formula is C14H18FN7O5. The Kier molecular flexibility index (Phi) is 5.02. The zero-order chi connectivity index (χ0) is 19.8. The number of nitrogens with two attached hydrogens (primary N) is 1. The van der Waals surface area contributed by atoms with Gasteiger partial charge in [0.1, 0.15) is 11.9 Å². The van der Waals surface area contributed by atoms with Crippen LogP contribution < -0.4 is 11.4 Å². The Morgan fingerprint density at radius 3 is 2.81 bits per heavy atom. The Labute approximate surface area is 151 Å². The van der Waals surface area contributed by atoms with Gasteiger partial charge in [-0.05, 0) is 18.4 Å². The first-order valence-corrected chi connectivity index (χ1v) is 8.19. The Bertz CT molecular complexity index is 851. The number of anilines is 1. The standard InChI is InChI=1S/C14H18FN7O5/c15-8-9(24)14(6-23,19-20-17)27-12(8)22-5-7(10(16)18-13(22)26)11(25)21-3-1-2-4-21/h5,8-9,12,23-24H,1-4,6H2,(H2,16,18,26)/t8-,9-,12+,14+/m0/s1. The monoisotopic (exact) mass is 383 g/mol. The summed E-state index contributed by atoms with van der Waals surface area (Å²) in [7, 11) is 0. The summed E-state index contributed by atoms with van der Waals surface area (Å²) in [5.41, 5.74) is 10.8. The number of halogens is 1. The van der Waals surface area contributed by atoms with Gasteiger partial charge in [-0.2, -0.15) is 4.98 Å². The maximum atomic E-state index is 14.6. The van der Waals surface area contributed by atoms with Crippen molar-refractivity contribution in [3.05, 3.63) is 32.7 Å². The summed E-state index contributed by atoms with van der Waals surface area (Å²) in [5, 5.41) is 22.5. The highest BCUT2D eigenvalue weighted by Crippen LogP contribution is 2.39. The summed E-state index contributed by atoms with van der Waals surface area (Å²) in [5.74, 6) is -0.783. The lowest BCUT2D eigenvalue weighted by Gasteiger charge is -2.23. The van der Waals surface area contributed by atoms with E-state index in [2.05, 4.69) is 15.0 Å². The van der Waals surface area contributed by atoms with Crippen LogP contribution in [0, 0.1) is 0 Å². The fourth-order valence-corrected chi connectivity index (χ4v) is 3.20. The van der Waals surface area contributed by atoms with Crippen LogP contribution in [-0.2, 0) is 4.74 Å². The minimum atomic E-state index is -2.31. The topological polar surface area (TPSA) is 180 Å². The molecule has 0 aliphatic carbocycles. The molecule has 27 heavy (non-hydrogen) atoms. The third kappa shape index (κ3) is 3.10. The molecule has 4 atom stereocenters. The van der Waals surface area contributed by atoms with Crippen LogP contribution in [0.15, 0.2) is 16.1 Å². The molecule has 1 aromatic heterocycles. The SMILES string of the molecule is [N-]=[N+]=N[C@]1(CO)O[C@@H](n2cc(C(=O)N3CCCC3)c(N)nc2=O)[C@@H](F)[C@@H]1O. The Balaban J connectivity index is 2.01. The predicted octanol–water partition coefficient (Wildman–Crippen LogP) is -0.712. The number of rotatable bonds is 4. The zero-order valence-corrected chi connectivity index (χ0v) is 14.1. The second-order valence-electron chi connectivity index (χ2n) is 6.32. The van der Waals surface area contributed by atoms with Gasteiger partial charge in [0.15, 0.2) is 12.4 Å². The second kappa shape index (κ2) is 7.12. The van der Waals surface area contributed by atoms with Gasteiger partial charge >= 0.3 is 5.69 Å². The minimum Gasteiger partial charge on any atom is -0.393 e. The number of hydrogen-bond acceptors (Lipinski definition) is 8. The number of amides is 1. The predicted molar refractivity (Wildman–Crippen MR) is 88.0 cm³/mol. The van der Waals surface area contributed by atoms with Gasteiger partial charge in [0, 0.05) is 24.2 Å². The molecule has 0 bridgehead atoms. The van der Waals surface area contributed by atoms with Crippen molar-refractivity contribution in [2.45, 2.75) is 37.1 Å². The molecule has 146 valence electrons. The largest absolute Gasteiger partial charge is 0.393 e. The number of nitrogens with zero attached hydrogens (tertiary/aromatic N) is 6. The number of hydrogen-bond donors (Lipinski definition) is 3. The van der Waals surface area contributed by atoms with E-state index < -0.39 is 42.4 Å². The maximum Gasteiger partial charge on any atom is 0.351 e. The smallest absolute Gasteiger partial charge is 0.351 e. The first-order valence-electron chi connectivity index (χ1n) is 8.19. The summed E-state index contributed by atoms with van der Waals surface area (Å²) in [4.78, 5) is 32.3. The van der Waals surface area contributed by atoms with Gasteiger partial charge in [-0.15, -0.1) is 0 Å². The molecule has 0 unspecified atom stereocenters. The van der Waals surface area contributed by atoms with Crippen molar-refractivity contribution in [1.29, 1.82) is 0 Å². The molecule has 3 rings (SSSR count). The lowest BCUT2D eigenvalue weighted by Crippen LogP contribution is -2.43. The minimum absolute atomic E-state index is 0.118. The average molecular weight is 383 g/mol. The number of carbonyl (C=O) groups excluding carboxylic acids is 1. The van der Waals surface area contributed by atoms with E-state index in [1.54, 1.807) is 0 Å². The third-order valence-corrected chi connectivity index (χ3v) is 4.68. The fraction of sp³-hybridized carbons (Fsp3) is 0.643. The Morgan fingerprint density at radius 1 is 1.56 bits per heavy atom. The normalized spacial score (nSPS) is 30.3. The Morgan fingerprint density at radius 2 is 2.22 bits per heavy atom. The van der Waals surface area contributed by atoms with Gasteiger partial charge in [0.2, 0.25) is 5.72 Å². The molecule has 4 N–H and O–H groups in total. The molecule has 12 nitrogen and oxygen atoms in total. The van der Waals surface area contributed by atoms with E-state index >= 15 is 0 Å². The van der Waals surface area contributed by atoms with E-state index in [-0.39, 0.29) is 11.4 Å². The number of likely N-dealkylation sites (tertiary alicyclic amines) is 1. The van der Waals surface area contributed by atoms with Crippen molar-refractivity contribution in [1.82, 2.24) is 14.5 Å². The maximum absolute atomic E-state index is 14.6. The van der Waals surface area contributed by atoms with Gasteiger partial charge in [-0.25, -0.2) is 9.18 Å². The van der Waals surface area contributed by atoms with E-state index in [1.807, 2.05) is 0 Å². The molecule has 0 spiro atoms. The van der Waals surface area contributed by atoms with Crippen LogP contribution in [-0.4, -0.2) is 68.3 Å². The first-order chi connectivity index (χ1) is 12.8. The number of carbonyl (C=O) groups is 1. The summed E-state index contributed by atoms with van der Waals surface area (Å²) >= 11 is 0. The van der Waals surface area contributed by atoms with Crippen molar-refractivity contribution >= 4 is 11.7 Å². The molecule has 0 aromatic carbocycles. The van der Waals surface area contributed by atoms with Crippen molar-refractivity contribution in [2.75, 3.05) is 25.4 Å². The van der Waals surface area contributed by atoms with Crippen LogP contribution in [0.3, 0.4) is 0 Å². The quantitative estimate of drug-likeness (QED) is 0.349. The molecule has 1 amide bonds. The molecule has 0 saturated carbocycles. The Hall–Kier alpha value is -2.73. The summed E-state index contributed by atoms with van der Waals surface area (Å²) in [6, 6.07) is 0. The molecule has 13 heteroatoms. The number of aromatic nitrogens is 2. The van der Waals surface area contributed by atoms with Crippen LogP contribution >= 0.6 is 0 Å². The van der Waals surface area contributed by atoms with E-state index in [0.29, 0.717) is 17.7 Å². The molecule has 2 fully saturated rings. The molecule has 1 aromatic rings. The summed E-state index contributed by atoms with van der Waals surface area (Å²) < 4.78 is 20.4. The van der Waals surface area contributed by atoms with Crippen molar-refractivity contribution in [3.63, 3.8) is 0 Å². The van der Waals surface area contributed by atoms with Crippen LogP contribution in [0.25, 0.3) is 10.4 Å². The van der Waals surface area contributed by atoms with Crippen LogP contribution in [0.5, 0.6) is 0 Å². The highest BCUT2D eigenvalue weighted by Gasteiger charge is 2.56. The number of azide groups is 1. The van der Waals surface area contributed by atoms with Gasteiger partial charge in [-0.1, -0.05) is 5.11 Å². The number of nitrogen functional groups attached to an aromatic ring is 1. The van der Waals surface area contributed by atoms with Crippen LogP contribution in [0.1, 0.15) is 29.4 Å². The second-order valence-corrected chi connectivity index (χ2v) is 6.32. The van der Waals surface area contributed by atoms with Crippen molar-refractivity contribution < 1.29 is 24.1 Å². The summed E-state index contributed by atoms with van der Waals surface area (Å²) in [6.07, 6.45) is -3.39. The lowest BCUT2D eigenvalue weighted by atomic mass is 10.1. The number of aliphatic hydroxyl groups excluding tert-OH is 2. The van der Waals surface area contributed by atoms with Gasteiger partial charge in [-0.3, -0.25) is 9.36 Å². The lowest BCUT2D eigenvalue weighted by molar-refractivity contribution is -0.124. The van der Waals surface area contributed by atoms with Gasteiger partial charge in [0.05, 0.1) is 12.2 Å². The van der Waals surface area contributed by atoms with Crippen molar-refractivity contribution in [3.8, 4) is 0 Å².